The SMILES string of the molecule is CCC(N)C(CC(=O)O)c1csc(C(C)(C)C)n1. The Morgan fingerprint density at radius 1 is 1.56 bits per heavy atom. The second kappa shape index (κ2) is 5.80. The number of nitrogens with two attached hydrogens (primary N) is 1. The number of hydrogen-bond acceptors (Lipinski definition) is 4. The molecule has 0 aliphatic rings. The minimum absolute atomic E-state index is 0.00694. The number of carboxylic acids is 1. The number of thiazole rings is 1. The molecule has 5 heteroatoms. The number of hydrogen-bond donors (Lipinski definition) is 2. The predicted octanol–water partition coefficient (Wildman–Crippen LogP) is 2.74. The van der Waals surface area contributed by atoms with E-state index in [4.69, 9.17) is 10.8 Å². The highest BCUT2D eigenvalue weighted by atomic mass is 32.1. The minimum Gasteiger partial charge on any atom is -0.481 e. The fourth-order valence-corrected chi connectivity index (χ4v) is 2.72. The van der Waals surface area contributed by atoms with Gasteiger partial charge in [0.2, 0.25) is 0 Å². The van der Waals surface area contributed by atoms with E-state index >= 15 is 0 Å². The number of rotatable bonds is 5. The van der Waals surface area contributed by atoms with Crippen molar-refractivity contribution in [1.82, 2.24) is 4.98 Å². The molecule has 0 aliphatic carbocycles. The van der Waals surface area contributed by atoms with Crippen molar-refractivity contribution in [1.29, 1.82) is 0 Å². The lowest BCUT2D eigenvalue weighted by molar-refractivity contribution is -0.137. The van der Waals surface area contributed by atoms with Crippen LogP contribution in [0.3, 0.4) is 0 Å². The van der Waals surface area contributed by atoms with E-state index < -0.39 is 5.97 Å². The first kappa shape index (κ1) is 15.1. The summed E-state index contributed by atoms with van der Waals surface area (Å²) in [5.74, 6) is -1.02. The highest BCUT2D eigenvalue weighted by Gasteiger charge is 2.26. The zero-order valence-corrected chi connectivity index (χ0v) is 12.3. The van der Waals surface area contributed by atoms with E-state index in [9.17, 15) is 4.79 Å². The fourth-order valence-electron chi connectivity index (χ4n) is 1.75. The predicted molar refractivity (Wildman–Crippen MR) is 74.1 cm³/mol. The van der Waals surface area contributed by atoms with Gasteiger partial charge in [-0.2, -0.15) is 0 Å². The fraction of sp³-hybridized carbons (Fsp3) is 0.692. The lowest BCUT2D eigenvalue weighted by Crippen LogP contribution is -2.29. The van der Waals surface area contributed by atoms with Crippen molar-refractivity contribution in [2.45, 2.75) is 57.9 Å². The second-order valence-corrected chi connectivity index (χ2v) is 6.46. The molecule has 1 aromatic rings. The molecule has 0 fully saturated rings. The first-order valence-corrected chi connectivity index (χ1v) is 7.07. The Morgan fingerprint density at radius 2 is 2.17 bits per heavy atom. The molecule has 1 aromatic heterocycles. The molecule has 0 spiro atoms. The van der Waals surface area contributed by atoms with Crippen molar-refractivity contribution in [3.8, 4) is 0 Å². The molecule has 3 N–H and O–H groups in total. The molecule has 1 heterocycles. The zero-order valence-electron chi connectivity index (χ0n) is 11.4. The van der Waals surface area contributed by atoms with Crippen molar-refractivity contribution < 1.29 is 9.90 Å². The number of carbonyl (C=O) groups is 1. The van der Waals surface area contributed by atoms with Gasteiger partial charge in [-0.1, -0.05) is 27.7 Å². The maximum absolute atomic E-state index is 10.9. The van der Waals surface area contributed by atoms with E-state index in [0.29, 0.717) is 0 Å². The van der Waals surface area contributed by atoms with Crippen LogP contribution in [0, 0.1) is 0 Å². The highest BCUT2D eigenvalue weighted by molar-refractivity contribution is 7.09. The van der Waals surface area contributed by atoms with Crippen LogP contribution in [0.15, 0.2) is 5.38 Å². The van der Waals surface area contributed by atoms with Gasteiger partial charge in [-0.15, -0.1) is 11.3 Å². The van der Waals surface area contributed by atoms with Crippen molar-refractivity contribution in [3.63, 3.8) is 0 Å². The molecule has 0 aliphatic heterocycles. The smallest absolute Gasteiger partial charge is 0.304 e. The molecular weight excluding hydrogens is 248 g/mol. The summed E-state index contributed by atoms with van der Waals surface area (Å²) in [5.41, 5.74) is 6.83. The Hall–Kier alpha value is -0.940. The van der Waals surface area contributed by atoms with E-state index in [1.165, 1.54) is 0 Å². The number of nitrogens with zero attached hydrogens (tertiary/aromatic N) is 1. The van der Waals surface area contributed by atoms with Crippen LogP contribution in [0.5, 0.6) is 0 Å². The average molecular weight is 270 g/mol. The Balaban J connectivity index is 2.99. The summed E-state index contributed by atoms with van der Waals surface area (Å²) in [5, 5.41) is 11.9. The molecule has 18 heavy (non-hydrogen) atoms. The van der Waals surface area contributed by atoms with Gasteiger partial charge in [0, 0.05) is 22.8 Å². The molecule has 4 nitrogen and oxygen atoms in total. The van der Waals surface area contributed by atoms with Gasteiger partial charge in [0.05, 0.1) is 17.1 Å². The van der Waals surface area contributed by atoms with Crippen LogP contribution in [-0.2, 0) is 10.2 Å². The van der Waals surface area contributed by atoms with Crippen molar-refractivity contribution in [3.05, 3.63) is 16.1 Å². The van der Waals surface area contributed by atoms with E-state index in [2.05, 4.69) is 25.8 Å². The average Bonchev–Trinajstić information content (AvgIpc) is 2.73. The van der Waals surface area contributed by atoms with Gasteiger partial charge in [0.25, 0.3) is 0 Å². The van der Waals surface area contributed by atoms with Gasteiger partial charge in [0.15, 0.2) is 0 Å². The first-order chi connectivity index (χ1) is 8.25. The molecule has 0 saturated heterocycles. The minimum atomic E-state index is -0.825. The van der Waals surface area contributed by atoms with Crippen molar-refractivity contribution in [2.24, 2.45) is 5.73 Å². The molecule has 0 bridgehead atoms. The van der Waals surface area contributed by atoms with E-state index in [1.54, 1.807) is 11.3 Å². The van der Waals surface area contributed by atoms with Crippen LogP contribution < -0.4 is 5.73 Å². The number of aromatic nitrogens is 1. The molecule has 0 radical (unpaired) electrons. The van der Waals surface area contributed by atoms with Crippen LogP contribution in [0.2, 0.25) is 0 Å². The largest absolute Gasteiger partial charge is 0.481 e. The Morgan fingerprint density at radius 3 is 2.56 bits per heavy atom. The third-order valence-corrected chi connectivity index (χ3v) is 4.21. The van der Waals surface area contributed by atoms with Gasteiger partial charge >= 0.3 is 5.97 Å². The van der Waals surface area contributed by atoms with E-state index in [-0.39, 0.29) is 23.8 Å². The van der Waals surface area contributed by atoms with Crippen LogP contribution in [0.25, 0.3) is 0 Å². The zero-order chi connectivity index (χ0) is 13.9. The van der Waals surface area contributed by atoms with E-state index in [0.717, 1.165) is 17.1 Å². The summed E-state index contributed by atoms with van der Waals surface area (Å²) in [7, 11) is 0. The molecule has 102 valence electrons. The van der Waals surface area contributed by atoms with Crippen molar-refractivity contribution in [2.75, 3.05) is 0 Å². The summed E-state index contributed by atoms with van der Waals surface area (Å²) >= 11 is 1.58. The topological polar surface area (TPSA) is 76.2 Å². The van der Waals surface area contributed by atoms with Crippen LogP contribution >= 0.6 is 11.3 Å². The van der Waals surface area contributed by atoms with Gasteiger partial charge in [-0.05, 0) is 6.42 Å². The molecule has 0 saturated carbocycles. The lowest BCUT2D eigenvalue weighted by Gasteiger charge is -2.20. The van der Waals surface area contributed by atoms with Crippen molar-refractivity contribution >= 4 is 17.3 Å². The highest BCUT2D eigenvalue weighted by Crippen LogP contribution is 2.31. The molecule has 2 unspecified atom stereocenters. The standard InChI is InChI=1S/C13H22N2O2S/c1-5-9(14)8(6-11(16)17)10-7-18-12(15-10)13(2,3)4/h7-9H,5-6,14H2,1-4H3,(H,16,17). The summed E-state index contributed by atoms with van der Waals surface area (Å²) in [6, 6.07) is -0.156. The first-order valence-electron chi connectivity index (χ1n) is 6.19. The van der Waals surface area contributed by atoms with Crippen LogP contribution in [0.1, 0.15) is 57.2 Å². The van der Waals surface area contributed by atoms with Crippen LogP contribution in [-0.4, -0.2) is 22.1 Å². The third kappa shape index (κ3) is 3.78. The normalized spacial score (nSPS) is 15.4. The summed E-state index contributed by atoms with van der Waals surface area (Å²) in [4.78, 5) is 15.5. The third-order valence-electron chi connectivity index (χ3n) is 2.93. The second-order valence-electron chi connectivity index (χ2n) is 5.60. The maximum atomic E-state index is 10.9. The quantitative estimate of drug-likeness (QED) is 0.862. The number of carboxylic acid groups (broad SMARTS) is 1. The van der Waals surface area contributed by atoms with Gasteiger partial charge < -0.3 is 10.8 Å². The number of aliphatic carboxylic acids is 1. The maximum Gasteiger partial charge on any atom is 0.304 e. The molecule has 0 aromatic carbocycles. The van der Waals surface area contributed by atoms with Crippen LogP contribution in [0.4, 0.5) is 0 Å². The van der Waals surface area contributed by atoms with E-state index in [1.807, 2.05) is 12.3 Å². The Labute approximate surface area is 112 Å². The monoisotopic (exact) mass is 270 g/mol. The molecular formula is C13H22N2O2S. The summed E-state index contributed by atoms with van der Waals surface area (Å²) < 4.78 is 0. The summed E-state index contributed by atoms with van der Waals surface area (Å²) in [6.45, 7) is 8.27. The van der Waals surface area contributed by atoms with Gasteiger partial charge in [0.1, 0.15) is 0 Å². The molecule has 2 atom stereocenters. The summed E-state index contributed by atoms with van der Waals surface area (Å²) in [6.07, 6.45) is 0.794. The lowest BCUT2D eigenvalue weighted by atomic mass is 9.92. The Kier molecular flexibility index (Phi) is 4.87. The Bertz CT molecular complexity index is 409. The van der Waals surface area contributed by atoms with Gasteiger partial charge in [-0.25, -0.2) is 4.98 Å². The molecule has 0 amide bonds. The molecule has 1 rings (SSSR count). The van der Waals surface area contributed by atoms with Gasteiger partial charge in [-0.3, -0.25) is 4.79 Å².